The van der Waals surface area contributed by atoms with Gasteiger partial charge in [0.25, 0.3) is 0 Å². The maximum Gasteiger partial charge on any atom is 0.163 e. The zero-order chi connectivity index (χ0) is 10.4. The highest BCUT2D eigenvalue weighted by molar-refractivity contribution is 9.10. The molecule has 76 valence electrons. The maximum atomic E-state index is 11.8. The summed E-state index contributed by atoms with van der Waals surface area (Å²) in [5.74, 6) is 0.337. The minimum atomic E-state index is 0.337. The number of rotatable bonds is 0. The first kappa shape index (κ1) is 9.34. The molecular formula is C13H11BrO. The van der Waals surface area contributed by atoms with Crippen LogP contribution in [0.3, 0.4) is 0 Å². The van der Waals surface area contributed by atoms with Gasteiger partial charge in [0.15, 0.2) is 5.78 Å². The Balaban J connectivity index is 2.25. The van der Waals surface area contributed by atoms with Crippen LogP contribution in [0, 0.1) is 0 Å². The number of hydrogen-bond acceptors (Lipinski definition) is 1. The lowest BCUT2D eigenvalue weighted by Crippen LogP contribution is -2.06. The molecule has 0 heterocycles. The van der Waals surface area contributed by atoms with E-state index in [1.165, 1.54) is 16.7 Å². The first-order valence-electron chi connectivity index (χ1n) is 5.30. The Morgan fingerprint density at radius 1 is 1.07 bits per heavy atom. The molecule has 0 bridgehead atoms. The number of Topliss-reactive ketones (excluding diaryl/α,β-unsaturated/α-hetero) is 1. The molecule has 0 spiro atoms. The van der Waals surface area contributed by atoms with E-state index in [1.54, 1.807) is 0 Å². The van der Waals surface area contributed by atoms with Crippen LogP contribution in [0.25, 0.3) is 5.57 Å². The summed E-state index contributed by atoms with van der Waals surface area (Å²) in [7, 11) is 0. The summed E-state index contributed by atoms with van der Waals surface area (Å²) in [6, 6.07) is 6.16. The van der Waals surface area contributed by atoms with Crippen LogP contribution in [0.2, 0.25) is 0 Å². The van der Waals surface area contributed by atoms with Crippen LogP contribution in [-0.4, -0.2) is 5.78 Å². The fourth-order valence-electron chi connectivity index (χ4n) is 2.63. The maximum absolute atomic E-state index is 11.8. The lowest BCUT2D eigenvalue weighted by atomic mass is 9.87. The van der Waals surface area contributed by atoms with E-state index in [1.807, 2.05) is 6.07 Å². The number of hydrogen-bond donors (Lipinski definition) is 0. The van der Waals surface area contributed by atoms with Crippen LogP contribution in [0.5, 0.6) is 0 Å². The predicted octanol–water partition coefficient (Wildman–Crippen LogP) is 3.51. The van der Waals surface area contributed by atoms with Gasteiger partial charge in [-0.1, -0.05) is 33.6 Å². The summed E-state index contributed by atoms with van der Waals surface area (Å²) in [6.07, 6.45) is 3.84. The van der Waals surface area contributed by atoms with Gasteiger partial charge in [-0.15, -0.1) is 0 Å². The molecule has 0 aliphatic heterocycles. The van der Waals surface area contributed by atoms with E-state index >= 15 is 0 Å². The zero-order valence-electron chi connectivity index (χ0n) is 8.35. The molecule has 15 heavy (non-hydrogen) atoms. The summed E-state index contributed by atoms with van der Waals surface area (Å²) in [5.41, 5.74) is 4.89. The van der Waals surface area contributed by atoms with Gasteiger partial charge in [-0.05, 0) is 36.5 Å². The molecule has 1 aromatic rings. The Morgan fingerprint density at radius 3 is 2.73 bits per heavy atom. The normalized spacial score (nSPS) is 19.1. The minimum absolute atomic E-state index is 0.337. The summed E-state index contributed by atoms with van der Waals surface area (Å²) in [6.45, 7) is 0. The Kier molecular flexibility index (Phi) is 2.06. The molecule has 0 N–H and O–H groups in total. The first-order chi connectivity index (χ1) is 7.27. The fourth-order valence-corrected chi connectivity index (χ4v) is 3.19. The summed E-state index contributed by atoms with van der Waals surface area (Å²) < 4.78 is 1.14. The quantitative estimate of drug-likeness (QED) is 0.700. The molecule has 0 atom stereocenters. The topological polar surface area (TPSA) is 17.1 Å². The monoisotopic (exact) mass is 262 g/mol. The second kappa shape index (κ2) is 3.31. The number of fused-ring (bicyclic) bond motifs is 2. The highest BCUT2D eigenvalue weighted by Crippen LogP contribution is 2.41. The third kappa shape index (κ3) is 1.31. The number of ketones is 1. The van der Waals surface area contributed by atoms with Crippen molar-refractivity contribution < 1.29 is 4.79 Å². The van der Waals surface area contributed by atoms with Gasteiger partial charge in [0.2, 0.25) is 0 Å². The highest BCUT2D eigenvalue weighted by Gasteiger charge is 2.29. The van der Waals surface area contributed by atoms with Crippen molar-refractivity contribution in [3.63, 3.8) is 0 Å². The van der Waals surface area contributed by atoms with E-state index in [0.717, 1.165) is 35.7 Å². The van der Waals surface area contributed by atoms with Gasteiger partial charge in [0, 0.05) is 16.5 Å². The van der Waals surface area contributed by atoms with Crippen molar-refractivity contribution in [2.24, 2.45) is 0 Å². The van der Waals surface area contributed by atoms with Crippen molar-refractivity contribution in [2.45, 2.75) is 25.7 Å². The number of carbonyl (C=O) groups is 1. The standard InChI is InChI=1S/C13H11BrO/c14-11-3-1-2-10-9(11)6-4-8-5-7-12(15)13(8)10/h1-3H,4-7H2. The summed E-state index contributed by atoms with van der Waals surface area (Å²) in [5, 5.41) is 0. The van der Waals surface area contributed by atoms with E-state index in [-0.39, 0.29) is 0 Å². The van der Waals surface area contributed by atoms with Crippen molar-refractivity contribution in [3.05, 3.63) is 39.4 Å². The van der Waals surface area contributed by atoms with E-state index in [0.29, 0.717) is 5.78 Å². The lowest BCUT2D eigenvalue weighted by Gasteiger charge is -2.18. The molecule has 1 nitrogen and oxygen atoms in total. The smallest absolute Gasteiger partial charge is 0.163 e. The van der Waals surface area contributed by atoms with Crippen LogP contribution >= 0.6 is 15.9 Å². The van der Waals surface area contributed by atoms with Gasteiger partial charge in [-0.2, -0.15) is 0 Å². The molecule has 1 aromatic carbocycles. The Bertz CT molecular complexity index is 485. The van der Waals surface area contributed by atoms with Gasteiger partial charge in [0.1, 0.15) is 0 Å². The van der Waals surface area contributed by atoms with Crippen molar-refractivity contribution >= 4 is 27.3 Å². The van der Waals surface area contributed by atoms with Crippen LogP contribution < -0.4 is 0 Å². The molecule has 0 unspecified atom stereocenters. The Labute approximate surface area is 97.3 Å². The molecule has 0 radical (unpaired) electrons. The van der Waals surface area contributed by atoms with Gasteiger partial charge in [0.05, 0.1) is 0 Å². The van der Waals surface area contributed by atoms with Crippen molar-refractivity contribution in [1.29, 1.82) is 0 Å². The molecule has 3 rings (SSSR count). The average Bonchev–Trinajstić information content (AvgIpc) is 2.61. The van der Waals surface area contributed by atoms with E-state index in [9.17, 15) is 4.79 Å². The molecule has 2 aliphatic carbocycles. The predicted molar refractivity (Wildman–Crippen MR) is 63.6 cm³/mol. The fraction of sp³-hybridized carbons (Fsp3) is 0.308. The van der Waals surface area contributed by atoms with Crippen molar-refractivity contribution in [3.8, 4) is 0 Å². The summed E-state index contributed by atoms with van der Waals surface area (Å²) >= 11 is 3.57. The number of halogens is 1. The third-order valence-electron chi connectivity index (χ3n) is 3.35. The molecule has 0 aromatic heterocycles. The van der Waals surface area contributed by atoms with Gasteiger partial charge in [-0.25, -0.2) is 0 Å². The molecule has 0 saturated carbocycles. The SMILES string of the molecule is O=C1CCC2=C1c1cccc(Br)c1CC2. The van der Waals surface area contributed by atoms with Crippen LogP contribution in [0.4, 0.5) is 0 Å². The van der Waals surface area contributed by atoms with Crippen LogP contribution in [0.1, 0.15) is 30.4 Å². The van der Waals surface area contributed by atoms with Crippen molar-refractivity contribution in [1.82, 2.24) is 0 Å². The zero-order valence-corrected chi connectivity index (χ0v) is 9.93. The largest absolute Gasteiger partial charge is 0.294 e. The number of benzene rings is 1. The van der Waals surface area contributed by atoms with Crippen LogP contribution in [-0.2, 0) is 11.2 Å². The van der Waals surface area contributed by atoms with Gasteiger partial charge < -0.3 is 0 Å². The average molecular weight is 263 g/mol. The number of carbonyl (C=O) groups excluding carboxylic acids is 1. The highest BCUT2D eigenvalue weighted by atomic mass is 79.9. The minimum Gasteiger partial charge on any atom is -0.294 e. The first-order valence-corrected chi connectivity index (χ1v) is 6.09. The number of allylic oxidation sites excluding steroid dienone is 2. The Hall–Kier alpha value is -0.890. The molecule has 0 saturated heterocycles. The van der Waals surface area contributed by atoms with E-state index < -0.39 is 0 Å². The second-order valence-electron chi connectivity index (χ2n) is 4.17. The molecule has 0 fully saturated rings. The van der Waals surface area contributed by atoms with Crippen LogP contribution in [0.15, 0.2) is 28.2 Å². The van der Waals surface area contributed by atoms with Crippen molar-refractivity contribution in [2.75, 3.05) is 0 Å². The Morgan fingerprint density at radius 2 is 1.87 bits per heavy atom. The third-order valence-corrected chi connectivity index (χ3v) is 4.09. The molecule has 0 amide bonds. The molecular weight excluding hydrogens is 252 g/mol. The molecule has 2 heteroatoms. The summed E-state index contributed by atoms with van der Waals surface area (Å²) in [4.78, 5) is 11.8. The van der Waals surface area contributed by atoms with E-state index in [2.05, 4.69) is 28.1 Å². The van der Waals surface area contributed by atoms with Gasteiger partial charge >= 0.3 is 0 Å². The van der Waals surface area contributed by atoms with E-state index in [4.69, 9.17) is 0 Å². The molecule has 2 aliphatic rings. The van der Waals surface area contributed by atoms with Gasteiger partial charge in [-0.3, -0.25) is 4.79 Å². The second-order valence-corrected chi connectivity index (χ2v) is 5.02. The lowest BCUT2D eigenvalue weighted by molar-refractivity contribution is -0.113.